The second-order valence-electron chi connectivity index (χ2n) is 5.36. The second kappa shape index (κ2) is 5.14. The Balaban J connectivity index is 1.92. The molecule has 3 rings (SSSR count). The fourth-order valence-corrected chi connectivity index (χ4v) is 2.52. The number of para-hydroxylation sites is 2. The van der Waals surface area contributed by atoms with Crippen molar-refractivity contribution in [1.29, 1.82) is 0 Å². The highest BCUT2D eigenvalue weighted by molar-refractivity contribution is 6.12. The van der Waals surface area contributed by atoms with Crippen LogP contribution in [0.1, 0.15) is 13.3 Å². The predicted molar refractivity (Wildman–Crippen MR) is 82.3 cm³/mol. The monoisotopic (exact) mass is 297 g/mol. The summed E-state index contributed by atoms with van der Waals surface area (Å²) in [6.07, 6.45) is 6.90. The summed E-state index contributed by atoms with van der Waals surface area (Å²) in [6.45, 7) is 1.68. The number of amides is 2. The van der Waals surface area contributed by atoms with Crippen molar-refractivity contribution in [1.82, 2.24) is 4.90 Å². The smallest absolute Gasteiger partial charge is 0.251 e. The molecule has 0 fully saturated rings. The summed E-state index contributed by atoms with van der Waals surface area (Å²) < 4.78 is 0. The van der Waals surface area contributed by atoms with E-state index in [0.717, 1.165) is 0 Å². The minimum absolute atomic E-state index is 0.0236. The molecule has 0 saturated heterocycles. The number of rotatable bonds is 2. The van der Waals surface area contributed by atoms with E-state index < -0.39 is 5.54 Å². The quantitative estimate of drug-likeness (QED) is 0.816. The van der Waals surface area contributed by atoms with Gasteiger partial charge in [-0.1, -0.05) is 18.2 Å². The summed E-state index contributed by atoms with van der Waals surface area (Å²) in [6, 6.07) is 6.46. The van der Waals surface area contributed by atoms with Gasteiger partial charge in [0.1, 0.15) is 17.1 Å². The maximum atomic E-state index is 12.7. The Morgan fingerprint density at radius 2 is 2.14 bits per heavy atom. The van der Waals surface area contributed by atoms with Gasteiger partial charge in [-0.05, 0) is 31.2 Å². The lowest BCUT2D eigenvalue weighted by Crippen LogP contribution is -2.58. The van der Waals surface area contributed by atoms with Crippen molar-refractivity contribution in [3.05, 3.63) is 48.7 Å². The molecule has 0 aliphatic carbocycles. The third kappa shape index (κ3) is 2.28. The number of nitrogens with zero attached hydrogens (tertiary/aromatic N) is 2. The Labute approximate surface area is 127 Å². The number of nitrogens with one attached hydrogen (secondary N) is 1. The first-order chi connectivity index (χ1) is 10.5. The molecule has 0 saturated carbocycles. The van der Waals surface area contributed by atoms with Gasteiger partial charge in [0.2, 0.25) is 0 Å². The number of amidine groups is 1. The number of aliphatic imine (C=N–C) groups is 1. The summed E-state index contributed by atoms with van der Waals surface area (Å²) in [4.78, 5) is 30.2. The summed E-state index contributed by atoms with van der Waals surface area (Å²) in [5, 5.41) is 12.5. The van der Waals surface area contributed by atoms with E-state index in [1.54, 1.807) is 54.5 Å². The molecule has 1 aromatic rings. The van der Waals surface area contributed by atoms with E-state index in [4.69, 9.17) is 0 Å². The van der Waals surface area contributed by atoms with Crippen LogP contribution < -0.4 is 5.32 Å². The molecule has 0 radical (unpaired) electrons. The number of phenols is 1. The molecular weight excluding hydrogens is 282 g/mol. The van der Waals surface area contributed by atoms with Gasteiger partial charge in [-0.3, -0.25) is 9.59 Å². The van der Waals surface area contributed by atoms with E-state index >= 15 is 0 Å². The van der Waals surface area contributed by atoms with E-state index in [9.17, 15) is 14.7 Å². The molecule has 2 heterocycles. The Kier molecular flexibility index (Phi) is 3.29. The van der Waals surface area contributed by atoms with Crippen LogP contribution in [0.25, 0.3) is 0 Å². The minimum atomic E-state index is -1.10. The van der Waals surface area contributed by atoms with Crippen LogP contribution in [0.5, 0.6) is 5.75 Å². The number of carbonyl (C=O) groups is 2. The summed E-state index contributed by atoms with van der Waals surface area (Å²) in [5.74, 6) is -0.311. The molecule has 0 bridgehead atoms. The molecule has 0 aromatic heterocycles. The van der Waals surface area contributed by atoms with Gasteiger partial charge < -0.3 is 15.3 Å². The number of hydrogen-bond donors (Lipinski definition) is 2. The van der Waals surface area contributed by atoms with Gasteiger partial charge in [0.05, 0.1) is 12.1 Å². The van der Waals surface area contributed by atoms with Crippen LogP contribution in [0.4, 0.5) is 5.69 Å². The highest BCUT2D eigenvalue weighted by Crippen LogP contribution is 2.30. The zero-order chi connectivity index (χ0) is 15.7. The average Bonchev–Trinajstić information content (AvgIpc) is 2.49. The summed E-state index contributed by atoms with van der Waals surface area (Å²) in [5.41, 5.74) is -0.792. The molecular formula is C16H15N3O3. The largest absolute Gasteiger partial charge is 0.506 e. The number of fused-ring (bicyclic) bond motifs is 1. The Hall–Kier alpha value is -2.89. The van der Waals surface area contributed by atoms with E-state index in [-0.39, 0.29) is 24.0 Å². The molecule has 112 valence electrons. The Bertz CT molecular complexity index is 736. The van der Waals surface area contributed by atoms with Crippen molar-refractivity contribution in [2.75, 3.05) is 5.32 Å². The van der Waals surface area contributed by atoms with Crippen molar-refractivity contribution in [3.8, 4) is 5.75 Å². The number of aromatic hydroxyl groups is 1. The van der Waals surface area contributed by atoms with Crippen molar-refractivity contribution >= 4 is 23.3 Å². The lowest BCUT2D eigenvalue weighted by Gasteiger charge is -2.41. The number of phenolic OH excluding ortho intramolecular Hbond substituents is 1. The number of anilines is 1. The number of benzene rings is 1. The summed E-state index contributed by atoms with van der Waals surface area (Å²) >= 11 is 0. The summed E-state index contributed by atoms with van der Waals surface area (Å²) in [7, 11) is 0. The topological polar surface area (TPSA) is 82.0 Å². The second-order valence-corrected chi connectivity index (χ2v) is 5.36. The molecule has 0 spiro atoms. The molecule has 6 nitrogen and oxygen atoms in total. The maximum Gasteiger partial charge on any atom is 0.251 e. The average molecular weight is 297 g/mol. The fourth-order valence-electron chi connectivity index (χ4n) is 2.52. The highest BCUT2D eigenvalue weighted by Gasteiger charge is 2.45. The first-order valence-electron chi connectivity index (χ1n) is 6.86. The van der Waals surface area contributed by atoms with Crippen molar-refractivity contribution < 1.29 is 14.7 Å². The number of allylic oxidation sites excluding steroid dienone is 2. The van der Waals surface area contributed by atoms with E-state index in [1.165, 1.54) is 6.07 Å². The predicted octanol–water partition coefficient (Wildman–Crippen LogP) is 1.80. The fraction of sp³-hybridized carbons (Fsp3) is 0.188. The Morgan fingerprint density at radius 3 is 2.91 bits per heavy atom. The van der Waals surface area contributed by atoms with Gasteiger partial charge >= 0.3 is 0 Å². The van der Waals surface area contributed by atoms with Gasteiger partial charge in [0, 0.05) is 6.20 Å². The lowest BCUT2D eigenvalue weighted by atomic mass is 9.91. The SMILES string of the molecule is CC1(C(=O)Nc2ccccc2O)CC(=O)N=C2C=CC=CN21. The normalized spacial score (nSPS) is 23.0. The van der Waals surface area contributed by atoms with Crippen molar-refractivity contribution in [2.24, 2.45) is 4.99 Å². The zero-order valence-electron chi connectivity index (χ0n) is 12.0. The maximum absolute atomic E-state index is 12.7. The molecule has 1 atom stereocenters. The molecule has 22 heavy (non-hydrogen) atoms. The first-order valence-corrected chi connectivity index (χ1v) is 6.86. The van der Waals surface area contributed by atoms with Gasteiger partial charge in [-0.25, -0.2) is 0 Å². The van der Waals surface area contributed by atoms with Crippen LogP contribution in [-0.4, -0.2) is 33.2 Å². The van der Waals surface area contributed by atoms with Gasteiger partial charge in [0.25, 0.3) is 11.8 Å². The number of hydrogen-bond acceptors (Lipinski definition) is 4. The third-order valence-electron chi connectivity index (χ3n) is 3.75. The lowest BCUT2D eigenvalue weighted by molar-refractivity contribution is -0.130. The third-order valence-corrected chi connectivity index (χ3v) is 3.75. The van der Waals surface area contributed by atoms with Gasteiger partial charge in [-0.2, -0.15) is 4.99 Å². The molecule has 2 N–H and O–H groups in total. The molecule has 1 unspecified atom stereocenters. The van der Waals surface area contributed by atoms with Crippen LogP contribution in [0.2, 0.25) is 0 Å². The van der Waals surface area contributed by atoms with Crippen LogP contribution in [0.15, 0.2) is 53.7 Å². The van der Waals surface area contributed by atoms with Crippen LogP contribution in [-0.2, 0) is 9.59 Å². The molecule has 6 heteroatoms. The minimum Gasteiger partial charge on any atom is -0.506 e. The molecule has 2 amide bonds. The standard InChI is InChI=1S/C16H15N3O3/c1-16(15(22)17-11-6-2-3-7-12(11)20)10-14(21)18-13-8-4-5-9-19(13)16/h2-9,20H,10H2,1H3,(H,17,22). The van der Waals surface area contributed by atoms with Crippen LogP contribution in [0.3, 0.4) is 0 Å². The number of carbonyl (C=O) groups excluding carboxylic acids is 2. The molecule has 1 aromatic carbocycles. The first kappa shape index (κ1) is 14.1. The van der Waals surface area contributed by atoms with Crippen molar-refractivity contribution in [3.63, 3.8) is 0 Å². The van der Waals surface area contributed by atoms with Gasteiger partial charge in [0.15, 0.2) is 0 Å². The van der Waals surface area contributed by atoms with Gasteiger partial charge in [-0.15, -0.1) is 0 Å². The highest BCUT2D eigenvalue weighted by atomic mass is 16.3. The zero-order valence-corrected chi connectivity index (χ0v) is 12.0. The Morgan fingerprint density at radius 1 is 1.36 bits per heavy atom. The molecule has 2 aliphatic rings. The molecule has 2 aliphatic heterocycles. The van der Waals surface area contributed by atoms with E-state index in [2.05, 4.69) is 10.3 Å². The van der Waals surface area contributed by atoms with E-state index in [0.29, 0.717) is 11.5 Å². The van der Waals surface area contributed by atoms with Crippen molar-refractivity contribution in [2.45, 2.75) is 18.9 Å². The van der Waals surface area contributed by atoms with Crippen LogP contribution in [0, 0.1) is 0 Å². The van der Waals surface area contributed by atoms with E-state index in [1.807, 2.05) is 0 Å². The van der Waals surface area contributed by atoms with Crippen LogP contribution >= 0.6 is 0 Å².